The number of anilines is 1. The lowest BCUT2D eigenvalue weighted by Crippen LogP contribution is -2.57. The van der Waals surface area contributed by atoms with Crippen molar-refractivity contribution in [1.29, 1.82) is 0 Å². The Hall–Kier alpha value is -1.14. The molecule has 5 nitrogen and oxygen atoms in total. The quantitative estimate of drug-likeness (QED) is 0.895. The predicted molar refractivity (Wildman–Crippen MR) is 80.4 cm³/mol. The van der Waals surface area contributed by atoms with Gasteiger partial charge in [-0.3, -0.25) is 0 Å². The Labute approximate surface area is 127 Å². The molecule has 0 radical (unpaired) electrons. The minimum Gasteiger partial charge on any atom is -0.478 e. The van der Waals surface area contributed by atoms with Crippen LogP contribution in [0.4, 0.5) is 5.82 Å². The van der Waals surface area contributed by atoms with E-state index in [4.69, 9.17) is 4.74 Å². The molecular formula is C14H19BrN2O3. The summed E-state index contributed by atoms with van der Waals surface area (Å²) >= 11 is 3.26. The molecule has 6 heteroatoms. The van der Waals surface area contributed by atoms with Crippen molar-refractivity contribution in [2.45, 2.75) is 38.9 Å². The molecule has 0 amide bonds. The van der Waals surface area contributed by atoms with Gasteiger partial charge >= 0.3 is 5.97 Å². The van der Waals surface area contributed by atoms with Gasteiger partial charge in [-0.15, -0.1) is 0 Å². The molecule has 1 aliphatic heterocycles. The topological polar surface area (TPSA) is 62.7 Å². The van der Waals surface area contributed by atoms with Gasteiger partial charge in [-0.05, 0) is 49.7 Å². The molecule has 2 rings (SSSR count). The van der Waals surface area contributed by atoms with Gasteiger partial charge in [0.05, 0.1) is 11.2 Å². The molecular weight excluding hydrogens is 324 g/mol. The van der Waals surface area contributed by atoms with E-state index in [0.717, 1.165) is 0 Å². The number of carboxylic acid groups (broad SMARTS) is 1. The van der Waals surface area contributed by atoms with Crippen LogP contribution in [0, 0.1) is 0 Å². The number of carboxylic acids is 1. The summed E-state index contributed by atoms with van der Waals surface area (Å²) < 4.78 is 6.67. The summed E-state index contributed by atoms with van der Waals surface area (Å²) in [5.41, 5.74) is -0.508. The Morgan fingerprint density at radius 1 is 1.35 bits per heavy atom. The lowest BCUT2D eigenvalue weighted by molar-refractivity contribution is -0.133. The fraction of sp³-hybridized carbons (Fsp3) is 0.571. The highest BCUT2D eigenvalue weighted by Crippen LogP contribution is 2.32. The van der Waals surface area contributed by atoms with Gasteiger partial charge in [-0.2, -0.15) is 0 Å². The number of ether oxygens (including phenoxy) is 1. The smallest absolute Gasteiger partial charge is 0.339 e. The van der Waals surface area contributed by atoms with Crippen LogP contribution in [0.3, 0.4) is 0 Å². The second-order valence-corrected chi connectivity index (χ2v) is 7.22. The van der Waals surface area contributed by atoms with Crippen LogP contribution < -0.4 is 4.90 Å². The summed E-state index contributed by atoms with van der Waals surface area (Å²) in [5, 5.41) is 9.36. The molecule has 0 saturated carbocycles. The van der Waals surface area contributed by atoms with Crippen LogP contribution in [0.5, 0.6) is 0 Å². The predicted octanol–water partition coefficient (Wildman–Crippen LogP) is 2.94. The van der Waals surface area contributed by atoms with Crippen LogP contribution in [0.1, 0.15) is 38.1 Å². The number of hydrogen-bond acceptors (Lipinski definition) is 4. The summed E-state index contributed by atoms with van der Waals surface area (Å²) in [6.07, 6.45) is 1.62. The number of rotatable bonds is 2. The molecule has 110 valence electrons. The lowest BCUT2D eigenvalue weighted by Gasteiger charge is -2.47. The van der Waals surface area contributed by atoms with E-state index in [-0.39, 0.29) is 16.8 Å². The molecule has 0 atom stereocenters. The van der Waals surface area contributed by atoms with E-state index in [9.17, 15) is 9.90 Å². The second-order valence-electron chi connectivity index (χ2n) is 6.31. The Morgan fingerprint density at radius 3 is 2.40 bits per heavy atom. The maximum atomic E-state index is 11.4. The fourth-order valence-electron chi connectivity index (χ4n) is 2.78. The molecule has 20 heavy (non-hydrogen) atoms. The Kier molecular flexibility index (Phi) is 3.81. The summed E-state index contributed by atoms with van der Waals surface area (Å²) in [5.74, 6) is -0.485. The van der Waals surface area contributed by atoms with E-state index in [0.29, 0.717) is 23.4 Å². The minimum absolute atomic E-state index is 0.202. The molecule has 1 aromatic heterocycles. The van der Waals surface area contributed by atoms with Gasteiger partial charge in [0, 0.05) is 23.8 Å². The van der Waals surface area contributed by atoms with Gasteiger partial charge in [0.1, 0.15) is 11.4 Å². The minimum atomic E-state index is -0.976. The van der Waals surface area contributed by atoms with Crippen LogP contribution in [-0.4, -0.2) is 40.4 Å². The maximum absolute atomic E-state index is 11.4. The van der Waals surface area contributed by atoms with Crippen LogP contribution >= 0.6 is 15.9 Å². The average molecular weight is 343 g/mol. The standard InChI is InChI=1S/C14H19BrN2O3/c1-13(2)7-17(8-14(3,4)20-13)11-10(12(18)19)5-9(15)6-16-11/h5-6H,7-8H2,1-4H3,(H,18,19). The number of morpholine rings is 1. The first kappa shape index (κ1) is 15.3. The second kappa shape index (κ2) is 5.00. The van der Waals surface area contributed by atoms with Gasteiger partial charge in [-0.25, -0.2) is 9.78 Å². The molecule has 1 N–H and O–H groups in total. The monoisotopic (exact) mass is 342 g/mol. The van der Waals surface area contributed by atoms with Crippen molar-refractivity contribution in [1.82, 2.24) is 4.98 Å². The number of carbonyl (C=O) groups is 1. The largest absolute Gasteiger partial charge is 0.478 e. The van der Waals surface area contributed by atoms with Gasteiger partial charge in [0.2, 0.25) is 0 Å². The van der Waals surface area contributed by atoms with E-state index in [1.807, 2.05) is 32.6 Å². The molecule has 1 fully saturated rings. The number of aromatic carboxylic acids is 1. The number of nitrogens with zero attached hydrogens (tertiary/aromatic N) is 2. The first-order valence-electron chi connectivity index (χ1n) is 6.44. The van der Waals surface area contributed by atoms with Gasteiger partial charge in [0.15, 0.2) is 0 Å². The van der Waals surface area contributed by atoms with Crippen molar-refractivity contribution in [2.75, 3.05) is 18.0 Å². The SMILES string of the molecule is CC1(C)CN(c2ncc(Br)cc2C(=O)O)CC(C)(C)O1. The molecule has 0 spiro atoms. The highest BCUT2D eigenvalue weighted by atomic mass is 79.9. The van der Waals surface area contributed by atoms with Crippen molar-refractivity contribution in [3.8, 4) is 0 Å². The number of aromatic nitrogens is 1. The van der Waals surface area contributed by atoms with E-state index < -0.39 is 5.97 Å². The van der Waals surface area contributed by atoms with Gasteiger partial charge in [0.25, 0.3) is 0 Å². The molecule has 0 bridgehead atoms. The first-order valence-corrected chi connectivity index (χ1v) is 7.23. The van der Waals surface area contributed by atoms with Crippen LogP contribution in [0.15, 0.2) is 16.7 Å². The highest BCUT2D eigenvalue weighted by molar-refractivity contribution is 9.10. The van der Waals surface area contributed by atoms with E-state index in [1.165, 1.54) is 0 Å². The lowest BCUT2D eigenvalue weighted by atomic mass is 9.98. The first-order chi connectivity index (χ1) is 9.10. The van der Waals surface area contributed by atoms with Gasteiger partial charge < -0.3 is 14.7 Å². The maximum Gasteiger partial charge on any atom is 0.339 e. The van der Waals surface area contributed by atoms with Crippen LogP contribution in [-0.2, 0) is 4.74 Å². The van der Waals surface area contributed by atoms with Crippen LogP contribution in [0.25, 0.3) is 0 Å². The Bertz CT molecular complexity index is 527. The third-order valence-corrected chi connectivity index (χ3v) is 3.49. The normalized spacial score (nSPS) is 20.8. The van der Waals surface area contributed by atoms with Crippen molar-refractivity contribution in [3.05, 3.63) is 22.3 Å². The number of pyridine rings is 1. The zero-order valence-corrected chi connectivity index (χ0v) is 13.7. The molecule has 0 aliphatic carbocycles. The van der Waals surface area contributed by atoms with Crippen molar-refractivity contribution in [2.24, 2.45) is 0 Å². The summed E-state index contributed by atoms with van der Waals surface area (Å²) in [7, 11) is 0. The number of halogens is 1. The molecule has 0 aromatic carbocycles. The van der Waals surface area contributed by atoms with Crippen LogP contribution in [0.2, 0.25) is 0 Å². The fourth-order valence-corrected chi connectivity index (χ4v) is 3.11. The zero-order valence-electron chi connectivity index (χ0n) is 12.1. The molecule has 1 aliphatic rings. The Morgan fingerprint density at radius 2 is 1.90 bits per heavy atom. The molecule has 0 unspecified atom stereocenters. The van der Waals surface area contributed by atoms with Crippen molar-refractivity contribution >= 4 is 27.7 Å². The molecule has 1 saturated heterocycles. The molecule has 1 aromatic rings. The van der Waals surface area contributed by atoms with Crippen molar-refractivity contribution in [3.63, 3.8) is 0 Å². The zero-order chi connectivity index (χ0) is 15.1. The number of hydrogen-bond donors (Lipinski definition) is 1. The summed E-state index contributed by atoms with van der Waals surface area (Å²) in [6, 6.07) is 1.58. The summed E-state index contributed by atoms with van der Waals surface area (Å²) in [4.78, 5) is 17.7. The summed E-state index contributed by atoms with van der Waals surface area (Å²) in [6.45, 7) is 9.21. The van der Waals surface area contributed by atoms with Crippen molar-refractivity contribution < 1.29 is 14.6 Å². The van der Waals surface area contributed by atoms with E-state index in [2.05, 4.69) is 20.9 Å². The van der Waals surface area contributed by atoms with Gasteiger partial charge in [-0.1, -0.05) is 0 Å². The third-order valence-electron chi connectivity index (χ3n) is 3.06. The van der Waals surface area contributed by atoms with E-state index >= 15 is 0 Å². The van der Waals surface area contributed by atoms with E-state index in [1.54, 1.807) is 12.3 Å². The average Bonchev–Trinajstić information content (AvgIpc) is 2.24. The Balaban J connectivity index is 2.43. The molecule has 2 heterocycles. The highest BCUT2D eigenvalue weighted by Gasteiger charge is 2.39. The third kappa shape index (κ3) is 3.30.